The highest BCUT2D eigenvalue weighted by Crippen LogP contribution is 2.68. The minimum Gasteiger partial charge on any atom is -0.320 e. The molecule has 0 unspecified atom stereocenters. The molecular weight excluding hydrogens is 211 g/mol. The minimum absolute atomic E-state index is 0.0347. The van der Waals surface area contributed by atoms with Crippen LogP contribution in [-0.4, -0.2) is 17.7 Å². The number of nitrogens with two attached hydrogens (primary N) is 1. The fourth-order valence-corrected chi connectivity index (χ4v) is 2.67. The molecule has 1 spiro atoms. The van der Waals surface area contributed by atoms with Crippen molar-refractivity contribution in [3.05, 3.63) is 0 Å². The summed E-state index contributed by atoms with van der Waals surface area (Å²) in [7, 11) is 0. The summed E-state index contributed by atoms with van der Waals surface area (Å²) in [5, 5.41) is 6.50. The van der Waals surface area contributed by atoms with Gasteiger partial charge in [0.1, 0.15) is 11.7 Å². The van der Waals surface area contributed by atoms with Crippen molar-refractivity contribution in [1.82, 2.24) is 0 Å². The maximum atomic E-state index is 12.4. The van der Waals surface area contributed by atoms with Crippen LogP contribution in [0.3, 0.4) is 0 Å². The van der Waals surface area contributed by atoms with Crippen LogP contribution >= 0.6 is 0 Å². The van der Waals surface area contributed by atoms with Gasteiger partial charge < -0.3 is 10.0 Å². The average Bonchev–Trinajstić information content (AvgIpc) is 2.02. The molecular formula is C9H14F3NO2. The van der Waals surface area contributed by atoms with Gasteiger partial charge in [0.25, 0.3) is 0 Å². The molecule has 15 heavy (non-hydrogen) atoms. The van der Waals surface area contributed by atoms with Gasteiger partial charge in [-0.2, -0.15) is 13.2 Å². The zero-order valence-electron chi connectivity index (χ0n) is 8.18. The maximum absolute atomic E-state index is 12.4. The highest BCUT2D eigenvalue weighted by molar-refractivity contribution is 5.63. The lowest BCUT2D eigenvalue weighted by atomic mass is 9.45. The third-order valence-corrected chi connectivity index (χ3v) is 3.59. The van der Waals surface area contributed by atoms with Crippen molar-refractivity contribution in [1.29, 1.82) is 0 Å². The Hall–Kier alpha value is -0.620. The van der Waals surface area contributed by atoms with Crippen molar-refractivity contribution in [2.45, 2.75) is 38.3 Å². The first-order chi connectivity index (χ1) is 6.93. The highest BCUT2D eigenvalue weighted by atomic mass is 19.4. The molecule has 0 saturated heterocycles. The van der Waals surface area contributed by atoms with Gasteiger partial charge in [0.05, 0.1) is 0 Å². The van der Waals surface area contributed by atoms with Crippen LogP contribution < -0.4 is 5.90 Å². The van der Waals surface area contributed by atoms with Crippen molar-refractivity contribution in [2.75, 3.05) is 0 Å². The molecule has 3 nitrogen and oxygen atoms in total. The van der Waals surface area contributed by atoms with E-state index in [9.17, 15) is 18.0 Å². The van der Waals surface area contributed by atoms with Crippen LogP contribution in [0.2, 0.25) is 0 Å². The smallest absolute Gasteiger partial charge is 0.320 e. The van der Waals surface area contributed by atoms with Crippen molar-refractivity contribution in [3.63, 3.8) is 0 Å². The monoisotopic (exact) mass is 225 g/mol. The van der Waals surface area contributed by atoms with Crippen LogP contribution in [0.15, 0.2) is 0 Å². The molecule has 88 valence electrons. The van der Waals surface area contributed by atoms with E-state index < -0.39 is 11.6 Å². The molecule has 0 bridgehead atoms. The lowest BCUT2D eigenvalue weighted by Crippen LogP contribution is -2.58. The predicted octanol–water partition coefficient (Wildman–Crippen LogP) is 2.03. The topological polar surface area (TPSA) is 63.3 Å². The Morgan fingerprint density at radius 1 is 1.20 bits per heavy atom. The Bertz CT molecular complexity index is 240. The molecule has 0 aromatic heterocycles. The van der Waals surface area contributed by atoms with E-state index in [0.717, 1.165) is 19.3 Å². The van der Waals surface area contributed by atoms with Gasteiger partial charge in [-0.3, -0.25) is 0 Å². The summed E-state index contributed by atoms with van der Waals surface area (Å²) in [5.74, 6) is 3.50. The zero-order valence-corrected chi connectivity index (χ0v) is 8.18. The first kappa shape index (κ1) is 12.4. The molecule has 2 rings (SSSR count). The third kappa shape index (κ3) is 1.76. The van der Waals surface area contributed by atoms with Crippen LogP contribution in [0.4, 0.5) is 13.2 Å². The van der Waals surface area contributed by atoms with E-state index in [1.165, 1.54) is 0 Å². The van der Waals surface area contributed by atoms with Gasteiger partial charge in [-0.15, -0.1) is 0 Å². The Balaban J connectivity index is 0.000000531. The van der Waals surface area contributed by atoms with Crippen LogP contribution in [0.5, 0.6) is 0 Å². The number of carbonyl (C=O) groups is 1. The Morgan fingerprint density at radius 2 is 1.67 bits per heavy atom. The minimum atomic E-state index is -4.34. The highest BCUT2D eigenvalue weighted by Gasteiger charge is 2.68. The number of halogens is 3. The molecule has 0 aromatic carbocycles. The van der Waals surface area contributed by atoms with Gasteiger partial charge in [-0.05, 0) is 31.1 Å². The van der Waals surface area contributed by atoms with Crippen molar-refractivity contribution in [2.24, 2.45) is 16.7 Å². The summed E-state index contributed by atoms with van der Waals surface area (Å²) < 4.78 is 37.3. The molecule has 3 N–H and O–H groups in total. The van der Waals surface area contributed by atoms with E-state index in [1.807, 2.05) is 0 Å². The van der Waals surface area contributed by atoms with E-state index in [-0.39, 0.29) is 24.5 Å². The molecule has 0 aliphatic heterocycles. The number of hydrogen-bond donors (Lipinski definition) is 2. The van der Waals surface area contributed by atoms with Gasteiger partial charge in [0.2, 0.25) is 0 Å². The van der Waals surface area contributed by atoms with Crippen LogP contribution in [0.1, 0.15) is 32.1 Å². The lowest BCUT2D eigenvalue weighted by Gasteiger charge is -2.59. The lowest BCUT2D eigenvalue weighted by molar-refractivity contribution is -0.274. The van der Waals surface area contributed by atoms with Gasteiger partial charge in [-0.25, -0.2) is 5.90 Å². The third-order valence-electron chi connectivity index (χ3n) is 3.59. The molecule has 0 atom stereocenters. The molecule has 0 radical (unpaired) electrons. The SMILES string of the molecule is NO.O=CC1(C(F)(F)F)CC2(CCC2)C1. The molecule has 2 saturated carbocycles. The Kier molecular flexibility index (Phi) is 3.11. The van der Waals surface area contributed by atoms with E-state index in [2.05, 4.69) is 5.90 Å². The molecule has 6 heteroatoms. The quantitative estimate of drug-likeness (QED) is 0.530. The number of carbonyl (C=O) groups excluding carboxylic acids is 1. The van der Waals surface area contributed by atoms with E-state index in [4.69, 9.17) is 5.21 Å². The second-order valence-corrected chi connectivity index (χ2v) is 4.48. The van der Waals surface area contributed by atoms with Gasteiger partial charge in [0.15, 0.2) is 0 Å². The molecule has 2 fully saturated rings. The molecule has 2 aliphatic carbocycles. The number of alkyl halides is 3. The molecule has 0 heterocycles. The number of hydrogen-bond acceptors (Lipinski definition) is 3. The number of rotatable bonds is 1. The predicted molar refractivity (Wildman–Crippen MR) is 46.0 cm³/mol. The molecule has 0 aromatic rings. The number of aldehydes is 1. The van der Waals surface area contributed by atoms with Gasteiger partial charge in [0, 0.05) is 0 Å². The summed E-state index contributed by atoms with van der Waals surface area (Å²) in [6.07, 6.45) is -1.39. The van der Waals surface area contributed by atoms with E-state index in [1.54, 1.807) is 0 Å². The Morgan fingerprint density at radius 3 is 1.87 bits per heavy atom. The summed E-state index contributed by atoms with van der Waals surface area (Å²) in [6, 6.07) is 0. The molecule has 2 aliphatic rings. The maximum Gasteiger partial charge on any atom is 0.401 e. The van der Waals surface area contributed by atoms with Crippen LogP contribution in [0.25, 0.3) is 0 Å². The first-order valence-corrected chi connectivity index (χ1v) is 4.72. The standard InChI is InChI=1S/C9H11F3O.H3NO/c10-9(11,12)8(6-13)4-7(5-8)2-1-3-7;1-2/h6H,1-5H2;2H,1H2. The first-order valence-electron chi connectivity index (χ1n) is 4.72. The second kappa shape index (κ2) is 3.75. The fraction of sp³-hybridized carbons (Fsp3) is 0.889. The fourth-order valence-electron chi connectivity index (χ4n) is 2.67. The van der Waals surface area contributed by atoms with Gasteiger partial charge >= 0.3 is 6.18 Å². The summed E-state index contributed by atoms with van der Waals surface area (Å²) in [6.45, 7) is 0. The largest absolute Gasteiger partial charge is 0.401 e. The van der Waals surface area contributed by atoms with Crippen molar-refractivity contribution in [3.8, 4) is 0 Å². The zero-order chi connectivity index (χ0) is 11.7. The van der Waals surface area contributed by atoms with Crippen molar-refractivity contribution < 1.29 is 23.2 Å². The molecule has 0 amide bonds. The van der Waals surface area contributed by atoms with Crippen LogP contribution in [-0.2, 0) is 4.79 Å². The normalized spacial score (nSPS) is 25.7. The second-order valence-electron chi connectivity index (χ2n) is 4.48. The average molecular weight is 225 g/mol. The van der Waals surface area contributed by atoms with Crippen molar-refractivity contribution >= 4 is 6.29 Å². The van der Waals surface area contributed by atoms with Crippen LogP contribution in [0, 0.1) is 10.8 Å². The summed E-state index contributed by atoms with van der Waals surface area (Å²) in [4.78, 5) is 10.5. The Labute approximate surface area is 85.4 Å². The van der Waals surface area contributed by atoms with E-state index >= 15 is 0 Å². The summed E-state index contributed by atoms with van der Waals surface area (Å²) in [5.41, 5.74) is -2.11. The van der Waals surface area contributed by atoms with Gasteiger partial charge in [-0.1, -0.05) is 6.42 Å². The summed E-state index contributed by atoms with van der Waals surface area (Å²) >= 11 is 0. The van der Waals surface area contributed by atoms with E-state index in [0.29, 0.717) is 0 Å².